The minimum atomic E-state index is 0.458. The van der Waals surface area contributed by atoms with Crippen LogP contribution in [-0.2, 0) is 0 Å². The Morgan fingerprint density at radius 1 is 1.14 bits per heavy atom. The van der Waals surface area contributed by atoms with E-state index in [4.69, 9.17) is 15.2 Å². The van der Waals surface area contributed by atoms with Gasteiger partial charge in [-0.3, -0.25) is 0 Å². The number of hydrogen-bond acceptors (Lipinski definition) is 7. The second kappa shape index (κ2) is 7.83. The van der Waals surface area contributed by atoms with Crippen LogP contribution in [0.1, 0.15) is 18.5 Å². The fourth-order valence-electron chi connectivity index (χ4n) is 3.63. The Morgan fingerprint density at radius 3 is 2.61 bits per heavy atom. The molecule has 2 aromatic rings. The lowest BCUT2D eigenvalue weighted by atomic mass is 10.0. The normalized spacial score (nSPS) is 17.2. The SMILES string of the molecule is COc1ccc(N(C)c2nc(C)cc(N)n2)cc1OCC1CN(CC2CC2)C1. The third kappa shape index (κ3) is 4.30. The van der Waals surface area contributed by atoms with Gasteiger partial charge in [0.25, 0.3) is 0 Å². The summed E-state index contributed by atoms with van der Waals surface area (Å²) in [6.07, 6.45) is 2.82. The van der Waals surface area contributed by atoms with Crippen LogP contribution in [0.25, 0.3) is 0 Å². The van der Waals surface area contributed by atoms with Gasteiger partial charge in [-0.05, 0) is 37.8 Å². The molecule has 2 N–H and O–H groups in total. The van der Waals surface area contributed by atoms with Gasteiger partial charge in [0.1, 0.15) is 5.82 Å². The smallest absolute Gasteiger partial charge is 0.231 e. The molecule has 0 spiro atoms. The molecule has 0 atom stereocenters. The first kappa shape index (κ1) is 18.8. The summed E-state index contributed by atoms with van der Waals surface area (Å²) in [6, 6.07) is 7.61. The molecular weight excluding hydrogens is 354 g/mol. The predicted molar refractivity (Wildman–Crippen MR) is 110 cm³/mol. The Labute approximate surface area is 166 Å². The average molecular weight is 383 g/mol. The highest BCUT2D eigenvalue weighted by atomic mass is 16.5. The third-order valence-electron chi connectivity index (χ3n) is 5.42. The molecular formula is C21H29N5O2. The van der Waals surface area contributed by atoms with Gasteiger partial charge in [-0.2, -0.15) is 4.98 Å². The average Bonchev–Trinajstić information content (AvgIpc) is 3.46. The third-order valence-corrected chi connectivity index (χ3v) is 5.42. The van der Waals surface area contributed by atoms with Crippen LogP contribution in [0, 0.1) is 18.8 Å². The van der Waals surface area contributed by atoms with Crippen LogP contribution < -0.4 is 20.1 Å². The quantitative estimate of drug-likeness (QED) is 0.751. The van der Waals surface area contributed by atoms with Gasteiger partial charge in [0.05, 0.1) is 13.7 Å². The molecule has 1 saturated heterocycles. The number of nitrogen functional groups attached to an aromatic ring is 1. The molecule has 1 saturated carbocycles. The van der Waals surface area contributed by atoms with E-state index >= 15 is 0 Å². The molecule has 0 radical (unpaired) electrons. The number of aromatic nitrogens is 2. The fraction of sp³-hybridized carbons (Fsp3) is 0.524. The van der Waals surface area contributed by atoms with Crippen LogP contribution in [0.2, 0.25) is 0 Å². The zero-order valence-electron chi connectivity index (χ0n) is 16.9. The first-order valence-electron chi connectivity index (χ1n) is 9.90. The van der Waals surface area contributed by atoms with Crippen LogP contribution in [-0.4, -0.2) is 55.3 Å². The van der Waals surface area contributed by atoms with Crippen molar-refractivity contribution >= 4 is 17.5 Å². The summed E-state index contributed by atoms with van der Waals surface area (Å²) in [4.78, 5) is 13.2. The number of ether oxygens (including phenoxy) is 2. The molecule has 7 heteroatoms. The molecule has 1 aliphatic heterocycles. The van der Waals surface area contributed by atoms with E-state index in [0.29, 0.717) is 24.3 Å². The van der Waals surface area contributed by atoms with Crippen LogP contribution in [0.4, 0.5) is 17.5 Å². The number of methoxy groups -OCH3 is 1. The Bertz CT molecular complexity index is 813. The molecule has 7 nitrogen and oxygen atoms in total. The monoisotopic (exact) mass is 383 g/mol. The van der Waals surface area contributed by atoms with Crippen LogP contribution >= 0.6 is 0 Å². The standard InChI is InChI=1S/C21H29N5O2/c1-14-8-20(22)24-21(23-14)25(2)17-6-7-18(27-3)19(9-17)28-13-16-11-26(12-16)10-15-4-5-15/h6-9,15-16H,4-5,10-13H2,1-3H3,(H2,22,23,24). The second-order valence-corrected chi connectivity index (χ2v) is 7.97. The summed E-state index contributed by atoms with van der Waals surface area (Å²) in [7, 11) is 3.58. The van der Waals surface area contributed by atoms with Crippen molar-refractivity contribution in [1.82, 2.24) is 14.9 Å². The van der Waals surface area contributed by atoms with Gasteiger partial charge in [0, 0.05) is 56.1 Å². The molecule has 0 amide bonds. The maximum atomic E-state index is 6.13. The molecule has 1 aromatic heterocycles. The van der Waals surface area contributed by atoms with Crippen molar-refractivity contribution in [2.24, 2.45) is 11.8 Å². The first-order valence-corrected chi connectivity index (χ1v) is 9.90. The lowest BCUT2D eigenvalue weighted by Gasteiger charge is -2.39. The van der Waals surface area contributed by atoms with E-state index in [1.807, 2.05) is 37.1 Å². The van der Waals surface area contributed by atoms with Crippen molar-refractivity contribution in [3.8, 4) is 11.5 Å². The highest BCUT2D eigenvalue weighted by molar-refractivity contribution is 5.62. The maximum Gasteiger partial charge on any atom is 0.231 e. The van der Waals surface area contributed by atoms with Gasteiger partial charge in [0.2, 0.25) is 5.95 Å². The van der Waals surface area contributed by atoms with Crippen molar-refractivity contribution < 1.29 is 9.47 Å². The molecule has 150 valence electrons. The molecule has 2 aliphatic rings. The lowest BCUT2D eigenvalue weighted by Crippen LogP contribution is -2.49. The number of benzene rings is 1. The molecule has 1 aliphatic carbocycles. The summed E-state index contributed by atoms with van der Waals surface area (Å²) in [5.41, 5.74) is 7.63. The summed E-state index contributed by atoms with van der Waals surface area (Å²) in [5.74, 6) is 4.03. The Hall–Kier alpha value is -2.54. The van der Waals surface area contributed by atoms with Gasteiger partial charge >= 0.3 is 0 Å². The van der Waals surface area contributed by atoms with Gasteiger partial charge in [-0.1, -0.05) is 0 Å². The maximum absolute atomic E-state index is 6.13. The van der Waals surface area contributed by atoms with E-state index in [2.05, 4.69) is 14.9 Å². The topological polar surface area (TPSA) is 76.7 Å². The summed E-state index contributed by atoms with van der Waals surface area (Å²) in [5, 5.41) is 0. The lowest BCUT2D eigenvalue weighted by molar-refractivity contribution is 0.0575. The number of likely N-dealkylation sites (tertiary alicyclic amines) is 1. The molecule has 2 heterocycles. The number of hydrogen-bond donors (Lipinski definition) is 1. The van der Waals surface area contributed by atoms with E-state index in [-0.39, 0.29) is 0 Å². The largest absolute Gasteiger partial charge is 0.493 e. The van der Waals surface area contributed by atoms with Gasteiger partial charge < -0.3 is 25.0 Å². The minimum absolute atomic E-state index is 0.458. The van der Waals surface area contributed by atoms with Crippen molar-refractivity contribution in [1.29, 1.82) is 0 Å². The Morgan fingerprint density at radius 2 is 1.93 bits per heavy atom. The molecule has 28 heavy (non-hydrogen) atoms. The summed E-state index contributed by atoms with van der Waals surface area (Å²) >= 11 is 0. The van der Waals surface area contributed by atoms with Crippen LogP contribution in [0.3, 0.4) is 0 Å². The number of anilines is 3. The van der Waals surface area contributed by atoms with Gasteiger partial charge in [-0.25, -0.2) is 4.98 Å². The zero-order chi connectivity index (χ0) is 19.7. The van der Waals surface area contributed by atoms with Crippen molar-refractivity contribution in [2.45, 2.75) is 19.8 Å². The fourth-order valence-corrected chi connectivity index (χ4v) is 3.63. The second-order valence-electron chi connectivity index (χ2n) is 7.97. The molecule has 0 unspecified atom stereocenters. The van der Waals surface area contributed by atoms with Crippen LogP contribution in [0.5, 0.6) is 11.5 Å². The van der Waals surface area contributed by atoms with E-state index in [1.165, 1.54) is 19.4 Å². The number of rotatable bonds is 8. The molecule has 2 fully saturated rings. The number of aryl methyl sites for hydroxylation is 1. The van der Waals surface area contributed by atoms with E-state index < -0.39 is 0 Å². The number of nitrogens with zero attached hydrogens (tertiary/aromatic N) is 4. The van der Waals surface area contributed by atoms with Gasteiger partial charge in [0.15, 0.2) is 11.5 Å². The van der Waals surface area contributed by atoms with Gasteiger partial charge in [-0.15, -0.1) is 0 Å². The number of nitrogens with two attached hydrogens (primary N) is 1. The molecule has 4 rings (SSSR count). The van der Waals surface area contributed by atoms with E-state index in [0.717, 1.165) is 41.9 Å². The van der Waals surface area contributed by atoms with E-state index in [1.54, 1.807) is 13.2 Å². The first-order chi connectivity index (χ1) is 13.5. The predicted octanol–water partition coefficient (Wildman–Crippen LogP) is 2.86. The Balaban J connectivity index is 1.42. The van der Waals surface area contributed by atoms with Crippen LogP contribution in [0.15, 0.2) is 24.3 Å². The molecule has 1 aromatic carbocycles. The van der Waals surface area contributed by atoms with Crippen molar-refractivity contribution in [3.63, 3.8) is 0 Å². The minimum Gasteiger partial charge on any atom is -0.493 e. The van der Waals surface area contributed by atoms with Crippen molar-refractivity contribution in [3.05, 3.63) is 30.0 Å². The summed E-state index contributed by atoms with van der Waals surface area (Å²) < 4.78 is 11.6. The molecule has 0 bridgehead atoms. The zero-order valence-corrected chi connectivity index (χ0v) is 16.9. The highest BCUT2D eigenvalue weighted by Gasteiger charge is 2.32. The van der Waals surface area contributed by atoms with E-state index in [9.17, 15) is 0 Å². The summed E-state index contributed by atoms with van der Waals surface area (Å²) in [6.45, 7) is 6.14. The highest BCUT2D eigenvalue weighted by Crippen LogP contribution is 2.35. The van der Waals surface area contributed by atoms with Crippen molar-refractivity contribution in [2.75, 3.05) is 51.0 Å². The Kier molecular flexibility index (Phi) is 5.26.